The molecular weight excluding hydrogens is 287 g/mol. The van der Waals surface area contributed by atoms with Crippen LogP contribution in [0.4, 0.5) is 27.4 Å². The molecule has 6 nitrogen and oxygen atoms in total. The molecule has 0 aliphatic heterocycles. The molecule has 104 valence electrons. The first-order chi connectivity index (χ1) is 9.51. The third kappa shape index (κ3) is 2.94. The van der Waals surface area contributed by atoms with Crippen LogP contribution in [0.15, 0.2) is 30.3 Å². The van der Waals surface area contributed by atoms with E-state index in [0.29, 0.717) is 11.5 Å². The number of nitro groups is 1. The maximum absolute atomic E-state index is 13.3. The molecule has 0 unspecified atom stereocenters. The van der Waals surface area contributed by atoms with Crippen LogP contribution in [-0.2, 0) is 0 Å². The van der Waals surface area contributed by atoms with Gasteiger partial charge in [0.2, 0.25) is 5.82 Å². The molecule has 2 rings (SSSR count). The van der Waals surface area contributed by atoms with Crippen molar-refractivity contribution in [1.82, 2.24) is 4.98 Å². The number of rotatable bonds is 4. The Morgan fingerprint density at radius 1 is 1.35 bits per heavy atom. The summed E-state index contributed by atoms with van der Waals surface area (Å²) in [6.45, 7) is 0. The Bertz CT molecular complexity index is 666. The molecule has 0 atom stereocenters. The Balaban J connectivity index is 2.40. The molecule has 0 aliphatic rings. The molecule has 1 aromatic heterocycles. The molecule has 8 heteroatoms. The second-order valence-corrected chi connectivity index (χ2v) is 4.23. The van der Waals surface area contributed by atoms with Gasteiger partial charge in [-0.25, -0.2) is 9.37 Å². The molecule has 0 spiro atoms. The average molecular weight is 297 g/mol. The summed E-state index contributed by atoms with van der Waals surface area (Å²) in [5.74, 6) is -0.153. The monoisotopic (exact) mass is 296 g/mol. The van der Waals surface area contributed by atoms with Gasteiger partial charge in [-0.1, -0.05) is 11.6 Å². The fraction of sp³-hybridized carbons (Fsp3) is 0.0833. The lowest BCUT2D eigenvalue weighted by molar-refractivity contribution is -0.384. The molecular formula is C12H10ClFN4O2. The average Bonchev–Trinajstić information content (AvgIpc) is 2.42. The molecule has 0 saturated heterocycles. The second-order valence-electron chi connectivity index (χ2n) is 3.83. The summed E-state index contributed by atoms with van der Waals surface area (Å²) in [5.41, 5.74) is 0.107. The van der Waals surface area contributed by atoms with E-state index in [0.717, 1.165) is 6.07 Å². The topological polar surface area (TPSA) is 80.1 Å². The lowest BCUT2D eigenvalue weighted by Gasteiger charge is -2.08. The van der Waals surface area contributed by atoms with Crippen molar-refractivity contribution in [2.75, 3.05) is 17.7 Å². The highest BCUT2D eigenvalue weighted by molar-refractivity contribution is 6.30. The Morgan fingerprint density at radius 3 is 2.70 bits per heavy atom. The zero-order chi connectivity index (χ0) is 14.7. The van der Waals surface area contributed by atoms with Crippen molar-refractivity contribution in [3.05, 3.63) is 51.3 Å². The number of aromatic nitrogens is 1. The van der Waals surface area contributed by atoms with E-state index >= 15 is 0 Å². The van der Waals surface area contributed by atoms with E-state index in [2.05, 4.69) is 15.6 Å². The molecule has 2 aromatic rings. The van der Waals surface area contributed by atoms with Crippen LogP contribution in [0.25, 0.3) is 0 Å². The van der Waals surface area contributed by atoms with Crippen molar-refractivity contribution >= 4 is 34.6 Å². The van der Waals surface area contributed by atoms with E-state index in [1.54, 1.807) is 7.05 Å². The van der Waals surface area contributed by atoms with Crippen molar-refractivity contribution in [1.29, 1.82) is 0 Å². The molecule has 0 saturated carbocycles. The largest absolute Gasteiger partial charge is 0.373 e. The second kappa shape index (κ2) is 5.70. The molecule has 1 aromatic carbocycles. The first kappa shape index (κ1) is 14.0. The summed E-state index contributed by atoms with van der Waals surface area (Å²) < 4.78 is 13.3. The summed E-state index contributed by atoms with van der Waals surface area (Å²) in [7, 11) is 1.64. The summed E-state index contributed by atoms with van der Waals surface area (Å²) in [5, 5.41) is 16.4. The van der Waals surface area contributed by atoms with Gasteiger partial charge >= 0.3 is 5.69 Å². The Morgan fingerprint density at radius 2 is 2.10 bits per heavy atom. The number of pyridine rings is 1. The van der Waals surface area contributed by atoms with E-state index in [9.17, 15) is 14.5 Å². The van der Waals surface area contributed by atoms with Crippen LogP contribution in [0.2, 0.25) is 5.02 Å². The number of hydrogen-bond donors (Lipinski definition) is 2. The fourth-order valence-electron chi connectivity index (χ4n) is 1.54. The Kier molecular flexibility index (Phi) is 3.99. The first-order valence-electron chi connectivity index (χ1n) is 5.56. The lowest BCUT2D eigenvalue weighted by atomic mass is 10.3. The van der Waals surface area contributed by atoms with Crippen molar-refractivity contribution in [3.63, 3.8) is 0 Å². The van der Waals surface area contributed by atoms with Crippen LogP contribution in [0.5, 0.6) is 0 Å². The smallest absolute Gasteiger partial charge is 0.311 e. The van der Waals surface area contributed by atoms with Gasteiger partial charge in [-0.3, -0.25) is 10.1 Å². The minimum atomic E-state index is -0.621. The number of nitrogens with zero attached hydrogens (tertiary/aromatic N) is 2. The van der Waals surface area contributed by atoms with Gasteiger partial charge in [0.05, 0.1) is 9.95 Å². The van der Waals surface area contributed by atoms with Gasteiger partial charge in [0.25, 0.3) is 0 Å². The summed E-state index contributed by atoms with van der Waals surface area (Å²) in [6, 6.07) is 6.79. The van der Waals surface area contributed by atoms with Crippen LogP contribution >= 0.6 is 11.6 Å². The molecule has 1 heterocycles. The van der Waals surface area contributed by atoms with Gasteiger partial charge in [0, 0.05) is 18.8 Å². The van der Waals surface area contributed by atoms with E-state index < -0.39 is 10.7 Å². The van der Waals surface area contributed by atoms with Gasteiger partial charge in [0.1, 0.15) is 11.6 Å². The molecule has 0 bridgehead atoms. The van der Waals surface area contributed by atoms with Crippen LogP contribution in [-0.4, -0.2) is 17.0 Å². The zero-order valence-corrected chi connectivity index (χ0v) is 11.1. The van der Waals surface area contributed by atoms with E-state index in [1.165, 1.54) is 24.3 Å². The van der Waals surface area contributed by atoms with Gasteiger partial charge in [-0.2, -0.15) is 0 Å². The maximum Gasteiger partial charge on any atom is 0.311 e. The van der Waals surface area contributed by atoms with Gasteiger partial charge < -0.3 is 10.6 Å². The van der Waals surface area contributed by atoms with Gasteiger partial charge in [-0.15, -0.1) is 0 Å². The van der Waals surface area contributed by atoms with Crippen LogP contribution in [0.3, 0.4) is 0 Å². The number of hydrogen-bond acceptors (Lipinski definition) is 5. The zero-order valence-electron chi connectivity index (χ0n) is 10.4. The SMILES string of the molecule is CNc1ccc([N+](=O)[O-])c(Nc2ccc(Cl)c(F)c2)n1. The van der Waals surface area contributed by atoms with Crippen molar-refractivity contribution in [3.8, 4) is 0 Å². The normalized spacial score (nSPS) is 10.2. The Labute approximate surface area is 118 Å². The highest BCUT2D eigenvalue weighted by atomic mass is 35.5. The minimum Gasteiger partial charge on any atom is -0.373 e. The predicted molar refractivity (Wildman–Crippen MR) is 75.1 cm³/mol. The Hall–Kier alpha value is -2.41. The standard InChI is InChI=1S/C12H10ClFN4O2/c1-15-11-5-4-10(18(19)20)12(17-11)16-7-2-3-8(13)9(14)6-7/h2-6H,1H3,(H2,15,16,17). The summed E-state index contributed by atoms with van der Waals surface area (Å²) in [6.07, 6.45) is 0. The van der Waals surface area contributed by atoms with Crippen molar-refractivity contribution in [2.24, 2.45) is 0 Å². The number of anilines is 3. The summed E-state index contributed by atoms with van der Waals surface area (Å²) >= 11 is 5.58. The van der Waals surface area contributed by atoms with Crippen LogP contribution < -0.4 is 10.6 Å². The third-order valence-electron chi connectivity index (χ3n) is 2.51. The lowest BCUT2D eigenvalue weighted by Crippen LogP contribution is -2.02. The minimum absolute atomic E-state index is 0.0172. The molecule has 0 amide bonds. The third-order valence-corrected chi connectivity index (χ3v) is 2.82. The van der Waals surface area contributed by atoms with Crippen molar-refractivity contribution < 1.29 is 9.31 Å². The van der Waals surface area contributed by atoms with E-state index in [1.807, 2.05) is 0 Å². The fourth-order valence-corrected chi connectivity index (χ4v) is 1.66. The van der Waals surface area contributed by atoms with Crippen LogP contribution in [0.1, 0.15) is 0 Å². The van der Waals surface area contributed by atoms with Crippen molar-refractivity contribution in [2.45, 2.75) is 0 Å². The van der Waals surface area contributed by atoms with E-state index in [-0.39, 0.29) is 16.5 Å². The van der Waals surface area contributed by atoms with E-state index in [4.69, 9.17) is 11.6 Å². The predicted octanol–water partition coefficient (Wildman–Crippen LogP) is 3.57. The maximum atomic E-state index is 13.3. The quantitative estimate of drug-likeness (QED) is 0.666. The first-order valence-corrected chi connectivity index (χ1v) is 5.94. The molecule has 0 radical (unpaired) electrons. The number of nitrogens with one attached hydrogen (secondary N) is 2. The number of halogens is 2. The van der Waals surface area contributed by atoms with Crippen LogP contribution in [0, 0.1) is 15.9 Å². The molecule has 0 fully saturated rings. The summed E-state index contributed by atoms with van der Waals surface area (Å²) in [4.78, 5) is 14.4. The highest BCUT2D eigenvalue weighted by Gasteiger charge is 2.16. The molecule has 20 heavy (non-hydrogen) atoms. The van der Waals surface area contributed by atoms with Gasteiger partial charge in [-0.05, 0) is 24.3 Å². The molecule has 0 aliphatic carbocycles. The number of benzene rings is 1. The highest BCUT2D eigenvalue weighted by Crippen LogP contribution is 2.28. The van der Waals surface area contributed by atoms with Gasteiger partial charge in [0.15, 0.2) is 0 Å². The molecule has 2 N–H and O–H groups in total.